The summed E-state index contributed by atoms with van der Waals surface area (Å²) >= 11 is 0. The summed E-state index contributed by atoms with van der Waals surface area (Å²) in [7, 11) is 0. The molecule has 0 fully saturated rings. The van der Waals surface area contributed by atoms with Gasteiger partial charge in [-0.3, -0.25) is 0 Å². The number of carbonyl (C=O) groups excluding carboxylic acids is 1. The minimum absolute atomic E-state index is 0.0162. The Morgan fingerprint density at radius 3 is 2.64 bits per heavy atom. The lowest BCUT2D eigenvalue weighted by Crippen LogP contribution is -2.39. The highest BCUT2D eigenvalue weighted by molar-refractivity contribution is 5.73. The van der Waals surface area contributed by atoms with Crippen molar-refractivity contribution >= 4 is 23.4 Å². The van der Waals surface area contributed by atoms with Gasteiger partial charge in [-0.15, -0.1) is 0 Å². The van der Waals surface area contributed by atoms with E-state index in [1.165, 1.54) is 6.07 Å². The van der Waals surface area contributed by atoms with Crippen molar-refractivity contribution in [2.45, 2.75) is 59.2 Å². The number of ether oxygens (including phenoxy) is 2. The van der Waals surface area contributed by atoms with Gasteiger partial charge in [-0.05, 0) is 76.4 Å². The minimum atomic E-state index is -0.661. The number of nitrogens with zero attached hydrogens (tertiary/aromatic N) is 4. The summed E-state index contributed by atoms with van der Waals surface area (Å²) in [5, 5.41) is 3.13. The maximum atomic E-state index is 15.0. The largest absolute Gasteiger partial charge is 0.486 e. The first-order valence-corrected chi connectivity index (χ1v) is 13.1. The molecule has 5 rings (SSSR count). The van der Waals surface area contributed by atoms with Crippen LogP contribution in [0.5, 0.6) is 5.75 Å². The Labute approximate surface area is 227 Å². The Morgan fingerprint density at radius 1 is 1.10 bits per heavy atom. The van der Waals surface area contributed by atoms with Gasteiger partial charge >= 0.3 is 6.09 Å². The average molecular weight is 538 g/mol. The molecule has 8 nitrogen and oxygen atoms in total. The molecule has 2 aliphatic heterocycles. The number of rotatable bonds is 4. The molecule has 0 saturated carbocycles. The predicted molar refractivity (Wildman–Crippen MR) is 145 cm³/mol. The first kappa shape index (κ1) is 26.6. The zero-order valence-corrected chi connectivity index (χ0v) is 22.8. The van der Waals surface area contributed by atoms with Crippen LogP contribution in [0.25, 0.3) is 11.3 Å². The normalized spacial score (nSPS) is 15.0. The summed E-state index contributed by atoms with van der Waals surface area (Å²) in [6, 6.07) is 8.87. The predicted octanol–water partition coefficient (Wildman–Crippen LogP) is 6.07. The lowest BCUT2D eigenvalue weighted by molar-refractivity contribution is 0.0224. The number of anilines is 3. The number of hydrogen-bond donors (Lipinski definition) is 1. The molecule has 1 aromatic heterocycles. The van der Waals surface area contributed by atoms with E-state index in [4.69, 9.17) is 9.47 Å². The molecule has 1 N–H and O–H groups in total. The van der Waals surface area contributed by atoms with Crippen LogP contribution in [0.3, 0.4) is 0 Å². The first-order chi connectivity index (χ1) is 18.5. The van der Waals surface area contributed by atoms with Crippen LogP contribution >= 0.6 is 0 Å². The molecular formula is C29H33F2N5O3. The Bertz CT molecular complexity index is 1410. The number of carbonyl (C=O) groups is 1. The molecule has 0 bridgehead atoms. The number of benzene rings is 2. The molecule has 1 amide bonds. The number of fused-ring (bicyclic) bond motifs is 2. The van der Waals surface area contributed by atoms with Crippen molar-refractivity contribution in [1.29, 1.82) is 0 Å². The van der Waals surface area contributed by atoms with Crippen LogP contribution in [0, 0.1) is 11.6 Å². The smallest absolute Gasteiger partial charge is 0.410 e. The molecular weight excluding hydrogens is 504 g/mol. The van der Waals surface area contributed by atoms with Crippen molar-refractivity contribution in [3.63, 3.8) is 0 Å². The van der Waals surface area contributed by atoms with Gasteiger partial charge in [-0.2, -0.15) is 0 Å². The molecule has 206 valence electrons. The highest BCUT2D eigenvalue weighted by Crippen LogP contribution is 2.39. The van der Waals surface area contributed by atoms with Crippen LogP contribution in [0.1, 0.15) is 45.7 Å². The van der Waals surface area contributed by atoms with Gasteiger partial charge in [0, 0.05) is 30.4 Å². The zero-order chi connectivity index (χ0) is 27.9. The Balaban J connectivity index is 1.40. The highest BCUT2D eigenvalue weighted by Gasteiger charge is 2.27. The van der Waals surface area contributed by atoms with Gasteiger partial charge in [0.1, 0.15) is 17.9 Å². The summed E-state index contributed by atoms with van der Waals surface area (Å²) in [4.78, 5) is 24.8. The maximum absolute atomic E-state index is 15.0. The van der Waals surface area contributed by atoms with Crippen molar-refractivity contribution in [3.05, 3.63) is 59.3 Å². The second kappa shape index (κ2) is 10.3. The van der Waals surface area contributed by atoms with E-state index in [1.807, 2.05) is 57.7 Å². The molecule has 0 unspecified atom stereocenters. The van der Waals surface area contributed by atoms with Crippen molar-refractivity contribution in [2.75, 3.05) is 29.9 Å². The molecule has 0 spiro atoms. The van der Waals surface area contributed by atoms with Crippen LogP contribution < -0.4 is 15.0 Å². The van der Waals surface area contributed by atoms with Gasteiger partial charge in [-0.25, -0.2) is 23.5 Å². The second-order valence-corrected chi connectivity index (χ2v) is 11.1. The van der Waals surface area contributed by atoms with Gasteiger partial charge in [-0.1, -0.05) is 6.07 Å². The molecule has 3 aromatic rings. The Hall–Kier alpha value is -3.95. The summed E-state index contributed by atoms with van der Waals surface area (Å²) < 4.78 is 41.0. The number of nitrogens with one attached hydrogen (secondary N) is 1. The average Bonchev–Trinajstić information content (AvgIpc) is 2.88. The zero-order valence-electron chi connectivity index (χ0n) is 22.8. The lowest BCUT2D eigenvalue weighted by Gasteiger charge is -2.34. The molecule has 0 saturated heterocycles. The van der Waals surface area contributed by atoms with E-state index in [0.29, 0.717) is 49.6 Å². The summed E-state index contributed by atoms with van der Waals surface area (Å²) in [5.74, 6) is -0.891. The van der Waals surface area contributed by atoms with Crippen molar-refractivity contribution < 1.29 is 23.0 Å². The highest BCUT2D eigenvalue weighted by atomic mass is 19.1. The van der Waals surface area contributed by atoms with E-state index >= 15 is 4.39 Å². The molecule has 2 aliphatic rings. The standard InChI is InChI=1S/C29H33F2N5O3/c1-17(2)36-10-11-38-26-22(30)13-19(14-24(26)36)25-23(31)15-32-27(34-25)33-21-7-6-18-8-9-35(16-20(18)12-21)28(37)39-29(3,4)5/h6-7,12-15,17H,8-11,16H2,1-5H3,(H,32,33,34). The molecule has 2 aromatic carbocycles. The van der Waals surface area contributed by atoms with E-state index in [2.05, 4.69) is 15.3 Å². The van der Waals surface area contributed by atoms with E-state index in [9.17, 15) is 9.18 Å². The van der Waals surface area contributed by atoms with Crippen LogP contribution in [0.2, 0.25) is 0 Å². The molecule has 3 heterocycles. The molecule has 0 aliphatic carbocycles. The number of amides is 1. The molecule has 10 heteroatoms. The number of hydrogen-bond acceptors (Lipinski definition) is 7. The monoisotopic (exact) mass is 537 g/mol. The quantitative estimate of drug-likeness (QED) is 0.433. The van der Waals surface area contributed by atoms with E-state index in [-0.39, 0.29) is 29.5 Å². The molecule has 0 atom stereocenters. The number of halogens is 2. The van der Waals surface area contributed by atoms with Crippen LogP contribution in [0.4, 0.5) is 30.9 Å². The lowest BCUT2D eigenvalue weighted by atomic mass is 9.99. The molecule has 39 heavy (non-hydrogen) atoms. The van der Waals surface area contributed by atoms with E-state index in [0.717, 1.165) is 17.3 Å². The first-order valence-electron chi connectivity index (χ1n) is 13.1. The SMILES string of the molecule is CC(C)N1CCOc2c(F)cc(-c3nc(Nc4ccc5c(c4)CN(C(=O)OC(C)(C)C)CC5)ncc3F)cc21. The summed E-state index contributed by atoms with van der Waals surface area (Å²) in [5.41, 5.74) is 3.09. The Morgan fingerprint density at radius 2 is 1.90 bits per heavy atom. The summed E-state index contributed by atoms with van der Waals surface area (Å²) in [6.45, 7) is 11.5. The van der Waals surface area contributed by atoms with Crippen molar-refractivity contribution in [2.24, 2.45) is 0 Å². The third kappa shape index (κ3) is 5.74. The topological polar surface area (TPSA) is 79.8 Å². The third-order valence-electron chi connectivity index (χ3n) is 6.68. The van der Waals surface area contributed by atoms with Crippen molar-refractivity contribution in [3.8, 4) is 17.0 Å². The van der Waals surface area contributed by atoms with Crippen molar-refractivity contribution in [1.82, 2.24) is 14.9 Å². The van der Waals surface area contributed by atoms with Gasteiger partial charge in [0.15, 0.2) is 17.4 Å². The third-order valence-corrected chi connectivity index (χ3v) is 6.68. The van der Waals surface area contributed by atoms with Crippen LogP contribution in [0.15, 0.2) is 36.5 Å². The summed E-state index contributed by atoms with van der Waals surface area (Å²) in [6.07, 6.45) is 1.44. The van der Waals surface area contributed by atoms with Crippen LogP contribution in [-0.2, 0) is 17.7 Å². The Kier molecular flexibility index (Phi) is 7.05. The van der Waals surface area contributed by atoms with Gasteiger partial charge < -0.3 is 24.6 Å². The molecule has 0 radical (unpaired) electrons. The van der Waals surface area contributed by atoms with Gasteiger partial charge in [0.05, 0.1) is 18.4 Å². The van der Waals surface area contributed by atoms with Gasteiger partial charge in [0.25, 0.3) is 0 Å². The van der Waals surface area contributed by atoms with E-state index < -0.39 is 17.2 Å². The fourth-order valence-electron chi connectivity index (χ4n) is 4.85. The van der Waals surface area contributed by atoms with Gasteiger partial charge in [0.2, 0.25) is 5.95 Å². The maximum Gasteiger partial charge on any atom is 0.410 e. The fourth-order valence-corrected chi connectivity index (χ4v) is 4.85. The fraction of sp³-hybridized carbons (Fsp3) is 0.414. The second-order valence-electron chi connectivity index (χ2n) is 11.1. The minimum Gasteiger partial charge on any atom is -0.486 e. The van der Waals surface area contributed by atoms with Crippen LogP contribution in [-0.4, -0.2) is 52.3 Å². The van der Waals surface area contributed by atoms with E-state index in [1.54, 1.807) is 11.0 Å². The number of aromatic nitrogens is 2.